The van der Waals surface area contributed by atoms with E-state index >= 15 is 0 Å². The average molecular weight is 332 g/mol. The minimum atomic E-state index is -0.570. The van der Waals surface area contributed by atoms with Crippen molar-refractivity contribution in [1.82, 2.24) is 0 Å². The van der Waals surface area contributed by atoms with Gasteiger partial charge in [0.1, 0.15) is 19.3 Å². The van der Waals surface area contributed by atoms with Crippen molar-refractivity contribution in [2.45, 2.75) is 13.0 Å². The molecule has 6 nitrogen and oxygen atoms in total. The summed E-state index contributed by atoms with van der Waals surface area (Å²) in [5.74, 6) is -1.64. The van der Waals surface area contributed by atoms with Gasteiger partial charge in [-0.05, 0) is 17.7 Å². The summed E-state index contributed by atoms with van der Waals surface area (Å²) < 4.78 is 14.7. The summed E-state index contributed by atoms with van der Waals surface area (Å²) in [6, 6.07) is 0. The lowest BCUT2D eigenvalue weighted by Gasteiger charge is -2.21. The fraction of sp³-hybridized carbons (Fsp3) is 0.278. The van der Waals surface area contributed by atoms with E-state index in [1.807, 2.05) is 13.0 Å². The molecule has 0 aromatic heterocycles. The molecule has 0 N–H and O–H groups in total. The predicted molar refractivity (Wildman–Crippen MR) is 87.7 cm³/mol. The van der Waals surface area contributed by atoms with E-state index in [4.69, 9.17) is 9.47 Å². The maximum Gasteiger partial charge on any atom is 0.330 e. The molecule has 0 fully saturated rings. The van der Waals surface area contributed by atoms with Gasteiger partial charge in [-0.15, -0.1) is 0 Å². The molecule has 6 heteroatoms. The van der Waals surface area contributed by atoms with Crippen LogP contribution in [0.1, 0.15) is 6.92 Å². The standard InChI is InChI=1S/C18H20O6/c1-4-16(19)22-10-11-23-18(21)9-7-14-6-8-15(13(3)12-14)24-17(20)5-2/h4-9,12-13,15H,1-2,10-11H2,3H3/b9-7+. The van der Waals surface area contributed by atoms with E-state index in [2.05, 4.69) is 17.9 Å². The second-order valence-electron chi connectivity index (χ2n) is 4.86. The summed E-state index contributed by atoms with van der Waals surface area (Å²) in [6.07, 6.45) is 10.0. The number of ether oxygens (including phenoxy) is 3. The lowest BCUT2D eigenvalue weighted by Crippen LogP contribution is -2.23. The van der Waals surface area contributed by atoms with Crippen molar-refractivity contribution in [2.24, 2.45) is 5.92 Å². The first-order valence-corrected chi connectivity index (χ1v) is 7.33. The van der Waals surface area contributed by atoms with Crippen LogP contribution in [0.3, 0.4) is 0 Å². The van der Waals surface area contributed by atoms with E-state index in [0.717, 1.165) is 17.7 Å². The summed E-state index contributed by atoms with van der Waals surface area (Å²) >= 11 is 0. The molecular weight excluding hydrogens is 312 g/mol. The molecule has 24 heavy (non-hydrogen) atoms. The van der Waals surface area contributed by atoms with Crippen LogP contribution >= 0.6 is 0 Å². The number of hydrogen-bond acceptors (Lipinski definition) is 6. The third kappa shape index (κ3) is 6.91. The van der Waals surface area contributed by atoms with Gasteiger partial charge in [0.05, 0.1) is 0 Å². The number of rotatable bonds is 8. The van der Waals surface area contributed by atoms with Gasteiger partial charge in [0.15, 0.2) is 0 Å². The maximum absolute atomic E-state index is 11.5. The van der Waals surface area contributed by atoms with Crippen LogP contribution in [-0.4, -0.2) is 37.2 Å². The van der Waals surface area contributed by atoms with Crippen molar-refractivity contribution in [3.8, 4) is 0 Å². The van der Waals surface area contributed by atoms with Crippen molar-refractivity contribution in [1.29, 1.82) is 0 Å². The highest BCUT2D eigenvalue weighted by molar-refractivity contribution is 5.83. The lowest BCUT2D eigenvalue weighted by molar-refractivity contribution is -0.146. The van der Waals surface area contributed by atoms with Gasteiger partial charge in [0.25, 0.3) is 0 Å². The van der Waals surface area contributed by atoms with E-state index < -0.39 is 17.9 Å². The first kappa shape index (κ1) is 19.2. The Bertz CT molecular complexity index is 597. The molecule has 0 aromatic carbocycles. The van der Waals surface area contributed by atoms with E-state index in [0.29, 0.717) is 0 Å². The molecule has 1 aliphatic carbocycles. The van der Waals surface area contributed by atoms with Crippen molar-refractivity contribution < 1.29 is 28.6 Å². The summed E-state index contributed by atoms with van der Waals surface area (Å²) in [5, 5.41) is 0. The molecule has 2 atom stereocenters. The highest BCUT2D eigenvalue weighted by Gasteiger charge is 2.19. The zero-order valence-corrected chi connectivity index (χ0v) is 13.5. The Balaban J connectivity index is 2.40. The highest BCUT2D eigenvalue weighted by Crippen LogP contribution is 2.20. The predicted octanol–water partition coefficient (Wildman–Crippen LogP) is 2.05. The van der Waals surface area contributed by atoms with Gasteiger partial charge in [-0.2, -0.15) is 0 Å². The SMILES string of the molecule is C=CC(=O)OCCOC(=O)/C=C/C1=CC(C)C(OC(=O)C=C)C=C1. The molecule has 0 spiro atoms. The van der Waals surface area contributed by atoms with Gasteiger partial charge in [0, 0.05) is 24.1 Å². The van der Waals surface area contributed by atoms with Gasteiger partial charge >= 0.3 is 17.9 Å². The number of carbonyl (C=O) groups excluding carboxylic acids is 3. The van der Waals surface area contributed by atoms with Crippen LogP contribution in [0.2, 0.25) is 0 Å². The molecule has 0 saturated heterocycles. The third-order valence-corrected chi connectivity index (χ3v) is 3.02. The van der Waals surface area contributed by atoms with Crippen molar-refractivity contribution >= 4 is 17.9 Å². The maximum atomic E-state index is 11.5. The zero-order chi connectivity index (χ0) is 17.9. The Hall–Kier alpha value is -2.89. The molecule has 0 bridgehead atoms. The Labute approximate surface area is 140 Å². The van der Waals surface area contributed by atoms with Crippen LogP contribution in [0.4, 0.5) is 0 Å². The first-order valence-electron chi connectivity index (χ1n) is 7.33. The Morgan fingerprint density at radius 1 is 1.08 bits per heavy atom. The summed E-state index contributed by atoms with van der Waals surface area (Å²) in [5.41, 5.74) is 0.795. The topological polar surface area (TPSA) is 78.9 Å². The minimum Gasteiger partial charge on any atom is -0.459 e. The Morgan fingerprint density at radius 3 is 2.29 bits per heavy atom. The molecule has 2 unspecified atom stereocenters. The van der Waals surface area contributed by atoms with E-state index in [1.165, 1.54) is 6.08 Å². The van der Waals surface area contributed by atoms with Crippen LogP contribution in [0.5, 0.6) is 0 Å². The van der Waals surface area contributed by atoms with Crippen molar-refractivity contribution in [3.05, 3.63) is 61.3 Å². The molecule has 0 amide bonds. The monoisotopic (exact) mass is 332 g/mol. The summed E-state index contributed by atoms with van der Waals surface area (Å²) in [4.78, 5) is 33.5. The molecule has 0 radical (unpaired) electrons. The van der Waals surface area contributed by atoms with Crippen LogP contribution in [0.15, 0.2) is 61.3 Å². The van der Waals surface area contributed by atoms with Gasteiger partial charge in [-0.1, -0.05) is 32.2 Å². The first-order chi connectivity index (χ1) is 11.5. The third-order valence-electron chi connectivity index (χ3n) is 3.02. The van der Waals surface area contributed by atoms with Crippen molar-refractivity contribution in [2.75, 3.05) is 13.2 Å². The van der Waals surface area contributed by atoms with Crippen LogP contribution < -0.4 is 0 Å². The van der Waals surface area contributed by atoms with Gasteiger partial charge in [-0.3, -0.25) is 0 Å². The van der Waals surface area contributed by atoms with Crippen LogP contribution in [-0.2, 0) is 28.6 Å². The van der Waals surface area contributed by atoms with Crippen molar-refractivity contribution in [3.63, 3.8) is 0 Å². The second kappa shape index (κ2) is 9.99. The number of hydrogen-bond donors (Lipinski definition) is 0. The Kier molecular flexibility index (Phi) is 7.98. The molecule has 0 saturated carbocycles. The molecular formula is C18H20O6. The fourth-order valence-electron chi connectivity index (χ4n) is 1.83. The van der Waals surface area contributed by atoms with Gasteiger partial charge in [-0.25, -0.2) is 14.4 Å². The molecule has 128 valence electrons. The molecule has 1 aliphatic rings. The minimum absolute atomic E-state index is 0.0274. The smallest absolute Gasteiger partial charge is 0.330 e. The quantitative estimate of drug-likeness (QED) is 0.293. The fourth-order valence-corrected chi connectivity index (χ4v) is 1.83. The van der Waals surface area contributed by atoms with Gasteiger partial charge in [0.2, 0.25) is 0 Å². The zero-order valence-electron chi connectivity index (χ0n) is 13.5. The Morgan fingerprint density at radius 2 is 1.71 bits per heavy atom. The van der Waals surface area contributed by atoms with Crippen LogP contribution in [0, 0.1) is 5.92 Å². The summed E-state index contributed by atoms with van der Waals surface area (Å²) in [6.45, 7) is 8.43. The van der Waals surface area contributed by atoms with Crippen LogP contribution in [0.25, 0.3) is 0 Å². The van der Waals surface area contributed by atoms with E-state index in [9.17, 15) is 14.4 Å². The normalized spacial score (nSPS) is 19.3. The molecule has 0 aliphatic heterocycles. The van der Waals surface area contributed by atoms with E-state index in [1.54, 1.807) is 18.2 Å². The lowest BCUT2D eigenvalue weighted by atomic mass is 9.95. The number of carbonyl (C=O) groups is 3. The number of allylic oxidation sites excluding steroid dienone is 3. The second-order valence-corrected chi connectivity index (χ2v) is 4.86. The number of esters is 3. The summed E-state index contributed by atoms with van der Waals surface area (Å²) in [7, 11) is 0. The average Bonchev–Trinajstić information content (AvgIpc) is 2.58. The molecule has 1 rings (SSSR count). The van der Waals surface area contributed by atoms with E-state index in [-0.39, 0.29) is 25.2 Å². The molecule has 0 aromatic rings. The van der Waals surface area contributed by atoms with Gasteiger partial charge < -0.3 is 14.2 Å². The molecule has 0 heterocycles. The highest BCUT2D eigenvalue weighted by atomic mass is 16.6. The largest absolute Gasteiger partial charge is 0.459 e.